The van der Waals surface area contributed by atoms with E-state index in [9.17, 15) is 14.4 Å². The molecule has 140 valence electrons. The maximum absolute atomic E-state index is 12.5. The van der Waals surface area contributed by atoms with Crippen LogP contribution in [0.2, 0.25) is 0 Å². The first kappa shape index (κ1) is 18.6. The van der Waals surface area contributed by atoms with Gasteiger partial charge in [0.2, 0.25) is 5.91 Å². The van der Waals surface area contributed by atoms with Gasteiger partial charge in [-0.05, 0) is 42.5 Å². The minimum absolute atomic E-state index is 0.145. The molecular weight excluding hydrogens is 342 g/mol. The number of amides is 4. The van der Waals surface area contributed by atoms with E-state index in [0.717, 1.165) is 16.7 Å². The molecule has 1 aliphatic heterocycles. The minimum Gasteiger partial charge on any atom is -0.345 e. The van der Waals surface area contributed by atoms with Crippen molar-refractivity contribution < 1.29 is 14.4 Å². The Kier molecular flexibility index (Phi) is 5.54. The fraction of sp³-hybridized carbons (Fsp3) is 0.286. The van der Waals surface area contributed by atoms with Gasteiger partial charge in [0.05, 0.1) is 6.04 Å². The van der Waals surface area contributed by atoms with Crippen molar-refractivity contribution in [3.8, 4) is 0 Å². The molecule has 1 heterocycles. The van der Waals surface area contributed by atoms with Crippen LogP contribution in [0.25, 0.3) is 0 Å². The number of carbonyl (C=O) groups excluding carboxylic acids is 3. The molecule has 2 aromatic rings. The zero-order valence-electron chi connectivity index (χ0n) is 15.4. The number of hydrogen-bond donors (Lipinski definition) is 3. The molecule has 1 saturated heterocycles. The van der Waals surface area contributed by atoms with E-state index >= 15 is 0 Å². The van der Waals surface area contributed by atoms with Gasteiger partial charge in [0.1, 0.15) is 6.04 Å². The SMILES string of the molecule is Cc1ccc([C@H](NC(=O)CC[C@@H]2NC(=O)NC2=O)c2ccccc2)cc1C. The highest BCUT2D eigenvalue weighted by molar-refractivity contribution is 6.04. The van der Waals surface area contributed by atoms with E-state index in [1.54, 1.807) is 0 Å². The number of hydrogen-bond acceptors (Lipinski definition) is 3. The van der Waals surface area contributed by atoms with E-state index in [-0.39, 0.29) is 30.7 Å². The molecule has 0 aliphatic carbocycles. The smallest absolute Gasteiger partial charge is 0.322 e. The molecule has 2 atom stereocenters. The molecule has 1 aliphatic rings. The Hall–Kier alpha value is -3.15. The Labute approximate surface area is 158 Å². The van der Waals surface area contributed by atoms with Crippen molar-refractivity contribution in [2.45, 2.75) is 38.8 Å². The van der Waals surface area contributed by atoms with E-state index in [1.165, 1.54) is 5.56 Å². The highest BCUT2D eigenvalue weighted by Gasteiger charge is 2.29. The van der Waals surface area contributed by atoms with Gasteiger partial charge >= 0.3 is 6.03 Å². The van der Waals surface area contributed by atoms with Crippen molar-refractivity contribution in [2.75, 3.05) is 0 Å². The van der Waals surface area contributed by atoms with Gasteiger partial charge in [0.15, 0.2) is 0 Å². The third kappa shape index (κ3) is 4.53. The molecule has 2 aromatic carbocycles. The number of imide groups is 1. The van der Waals surface area contributed by atoms with Gasteiger partial charge in [-0.15, -0.1) is 0 Å². The summed E-state index contributed by atoms with van der Waals surface area (Å²) in [5.41, 5.74) is 4.35. The fourth-order valence-electron chi connectivity index (χ4n) is 3.12. The highest BCUT2D eigenvalue weighted by atomic mass is 16.2. The molecule has 0 spiro atoms. The molecule has 1 fully saturated rings. The summed E-state index contributed by atoms with van der Waals surface area (Å²) in [6, 6.07) is 14.5. The maximum atomic E-state index is 12.5. The van der Waals surface area contributed by atoms with Crippen LogP contribution in [0.4, 0.5) is 4.79 Å². The van der Waals surface area contributed by atoms with Crippen molar-refractivity contribution in [2.24, 2.45) is 0 Å². The summed E-state index contributed by atoms with van der Waals surface area (Å²) in [5.74, 6) is -0.558. The highest BCUT2D eigenvalue weighted by Crippen LogP contribution is 2.24. The predicted molar refractivity (Wildman–Crippen MR) is 102 cm³/mol. The second-order valence-corrected chi connectivity index (χ2v) is 6.81. The van der Waals surface area contributed by atoms with E-state index in [0.29, 0.717) is 0 Å². The number of rotatable bonds is 6. The second kappa shape index (κ2) is 8.03. The molecule has 0 saturated carbocycles. The molecule has 0 radical (unpaired) electrons. The van der Waals surface area contributed by atoms with Gasteiger partial charge in [-0.2, -0.15) is 0 Å². The monoisotopic (exact) mass is 365 g/mol. The Morgan fingerprint density at radius 3 is 2.41 bits per heavy atom. The normalized spacial score (nSPS) is 17.2. The summed E-state index contributed by atoms with van der Waals surface area (Å²) in [4.78, 5) is 35.3. The lowest BCUT2D eigenvalue weighted by molar-refractivity contribution is -0.122. The van der Waals surface area contributed by atoms with Gasteiger partial charge in [-0.1, -0.05) is 48.5 Å². The Bertz CT molecular complexity index is 864. The van der Waals surface area contributed by atoms with Crippen LogP contribution in [0, 0.1) is 13.8 Å². The molecule has 3 rings (SSSR count). The predicted octanol–water partition coefficient (Wildman–Crippen LogP) is 2.50. The molecule has 27 heavy (non-hydrogen) atoms. The lowest BCUT2D eigenvalue weighted by Crippen LogP contribution is -2.33. The molecule has 3 N–H and O–H groups in total. The molecule has 6 nitrogen and oxygen atoms in total. The summed E-state index contributed by atoms with van der Waals surface area (Å²) in [6.07, 6.45) is 0.407. The number of carbonyl (C=O) groups is 3. The standard InChI is InChI=1S/C21H23N3O3/c1-13-8-9-16(12-14(13)2)19(15-6-4-3-5-7-15)23-18(25)11-10-17-20(26)24-21(27)22-17/h3-9,12,17,19H,10-11H2,1-2H3,(H,23,25)(H2,22,24,26,27)/t17-,19+/m0/s1. The zero-order valence-corrected chi connectivity index (χ0v) is 15.4. The molecule has 0 aromatic heterocycles. The van der Waals surface area contributed by atoms with Crippen molar-refractivity contribution in [1.29, 1.82) is 0 Å². The van der Waals surface area contributed by atoms with Gasteiger partial charge in [0.25, 0.3) is 5.91 Å². The van der Waals surface area contributed by atoms with Gasteiger partial charge in [-0.25, -0.2) is 4.79 Å². The van der Waals surface area contributed by atoms with E-state index in [4.69, 9.17) is 0 Å². The summed E-state index contributed by atoms with van der Waals surface area (Å²) in [6.45, 7) is 4.10. The third-order valence-corrected chi connectivity index (χ3v) is 4.82. The summed E-state index contributed by atoms with van der Waals surface area (Å²) < 4.78 is 0. The fourth-order valence-corrected chi connectivity index (χ4v) is 3.12. The van der Waals surface area contributed by atoms with E-state index < -0.39 is 12.1 Å². The van der Waals surface area contributed by atoms with Crippen LogP contribution in [0.1, 0.15) is 41.1 Å². The summed E-state index contributed by atoms with van der Waals surface area (Å²) in [5, 5.41) is 7.75. The Morgan fingerprint density at radius 2 is 1.78 bits per heavy atom. The average Bonchev–Trinajstić information content (AvgIpc) is 2.98. The molecule has 4 amide bonds. The summed E-state index contributed by atoms with van der Waals surface area (Å²) in [7, 11) is 0. The van der Waals surface area contributed by atoms with E-state index in [1.807, 2.05) is 49.4 Å². The topological polar surface area (TPSA) is 87.3 Å². The third-order valence-electron chi connectivity index (χ3n) is 4.82. The Morgan fingerprint density at radius 1 is 1.04 bits per heavy atom. The van der Waals surface area contributed by atoms with Crippen LogP contribution >= 0.6 is 0 Å². The van der Waals surface area contributed by atoms with Gasteiger partial charge < -0.3 is 10.6 Å². The molecule has 0 unspecified atom stereocenters. The van der Waals surface area contributed by atoms with Crippen molar-refractivity contribution in [3.63, 3.8) is 0 Å². The van der Waals surface area contributed by atoms with Crippen LogP contribution < -0.4 is 16.0 Å². The summed E-state index contributed by atoms with van der Waals surface area (Å²) >= 11 is 0. The first-order chi connectivity index (χ1) is 12.9. The number of urea groups is 1. The first-order valence-corrected chi connectivity index (χ1v) is 8.97. The molecular formula is C21H23N3O3. The Balaban J connectivity index is 1.73. The van der Waals surface area contributed by atoms with Gasteiger partial charge in [0, 0.05) is 6.42 Å². The maximum Gasteiger partial charge on any atom is 0.322 e. The molecule has 0 bridgehead atoms. The van der Waals surface area contributed by atoms with Crippen LogP contribution in [-0.2, 0) is 9.59 Å². The largest absolute Gasteiger partial charge is 0.345 e. The van der Waals surface area contributed by atoms with Crippen LogP contribution in [-0.4, -0.2) is 23.9 Å². The van der Waals surface area contributed by atoms with Crippen LogP contribution in [0.15, 0.2) is 48.5 Å². The van der Waals surface area contributed by atoms with Crippen molar-refractivity contribution >= 4 is 17.8 Å². The van der Waals surface area contributed by atoms with Crippen molar-refractivity contribution in [3.05, 3.63) is 70.8 Å². The second-order valence-electron chi connectivity index (χ2n) is 6.81. The van der Waals surface area contributed by atoms with Crippen LogP contribution in [0.5, 0.6) is 0 Å². The number of nitrogens with one attached hydrogen (secondary N) is 3. The van der Waals surface area contributed by atoms with Crippen LogP contribution in [0.3, 0.4) is 0 Å². The molecule has 6 heteroatoms. The number of aryl methyl sites for hydroxylation is 2. The zero-order chi connectivity index (χ0) is 19.4. The lowest BCUT2D eigenvalue weighted by Gasteiger charge is -2.21. The quantitative estimate of drug-likeness (QED) is 0.688. The van der Waals surface area contributed by atoms with Gasteiger partial charge in [-0.3, -0.25) is 14.9 Å². The van der Waals surface area contributed by atoms with Crippen molar-refractivity contribution in [1.82, 2.24) is 16.0 Å². The average molecular weight is 365 g/mol. The van der Waals surface area contributed by atoms with E-state index in [2.05, 4.69) is 28.9 Å². The number of benzene rings is 2. The first-order valence-electron chi connectivity index (χ1n) is 8.97. The minimum atomic E-state index is -0.653. The lowest BCUT2D eigenvalue weighted by atomic mass is 9.95.